The average molecular weight is 283 g/mol. The molecule has 1 amide bonds. The van der Waals surface area contributed by atoms with E-state index in [-0.39, 0.29) is 18.2 Å². The number of pyridine rings is 1. The number of amides is 1. The Labute approximate surface area is 121 Å². The summed E-state index contributed by atoms with van der Waals surface area (Å²) in [7, 11) is 0. The van der Waals surface area contributed by atoms with Crippen molar-refractivity contribution in [2.75, 3.05) is 11.9 Å². The van der Waals surface area contributed by atoms with Crippen molar-refractivity contribution in [3.63, 3.8) is 0 Å². The topological polar surface area (TPSA) is 101 Å². The first-order valence-corrected chi connectivity index (χ1v) is 6.16. The number of aliphatic hydroxyl groups is 1. The molecule has 106 valence electrons. The largest absolute Gasteiger partial charge is 0.384 e. The van der Waals surface area contributed by atoms with Gasteiger partial charge in [-0.2, -0.15) is 5.10 Å². The second-order valence-electron chi connectivity index (χ2n) is 4.12. The zero-order valence-corrected chi connectivity index (χ0v) is 11.6. The highest BCUT2D eigenvalue weighted by Crippen LogP contribution is 2.07. The van der Waals surface area contributed by atoms with Crippen LogP contribution in [0.5, 0.6) is 0 Å². The molecular formula is C14H13N5O2. The van der Waals surface area contributed by atoms with Gasteiger partial charge in [0.2, 0.25) is 5.95 Å². The van der Waals surface area contributed by atoms with Gasteiger partial charge in [0, 0.05) is 6.20 Å². The van der Waals surface area contributed by atoms with Gasteiger partial charge < -0.3 is 5.11 Å². The molecule has 0 saturated carbocycles. The second kappa shape index (κ2) is 6.54. The van der Waals surface area contributed by atoms with Gasteiger partial charge in [0.25, 0.3) is 5.91 Å². The van der Waals surface area contributed by atoms with E-state index in [0.717, 1.165) is 0 Å². The summed E-state index contributed by atoms with van der Waals surface area (Å²) in [5, 5.41) is 18.9. The Hall–Kier alpha value is -2.85. The van der Waals surface area contributed by atoms with E-state index in [4.69, 9.17) is 5.11 Å². The highest BCUT2D eigenvalue weighted by Gasteiger charge is 2.13. The molecule has 0 atom stereocenters. The zero-order valence-electron chi connectivity index (χ0n) is 11.6. The van der Waals surface area contributed by atoms with E-state index >= 15 is 0 Å². The molecule has 0 spiro atoms. The Balaban J connectivity index is 2.26. The van der Waals surface area contributed by atoms with Crippen molar-refractivity contribution in [1.82, 2.24) is 20.2 Å². The summed E-state index contributed by atoms with van der Waals surface area (Å²) >= 11 is 0. The number of anilines is 1. The molecular weight excluding hydrogens is 270 g/mol. The Morgan fingerprint density at radius 1 is 1.33 bits per heavy atom. The van der Waals surface area contributed by atoms with Crippen LogP contribution in [0.1, 0.15) is 27.4 Å². The fraction of sp³-hybridized carbons (Fsp3) is 0.214. The molecule has 7 nitrogen and oxygen atoms in total. The van der Waals surface area contributed by atoms with Gasteiger partial charge in [0.05, 0.1) is 17.0 Å². The maximum atomic E-state index is 12.2. The number of carbonyl (C=O) groups excluding carboxylic acids is 1. The number of rotatable bonds is 2. The van der Waals surface area contributed by atoms with Crippen LogP contribution in [0.25, 0.3) is 0 Å². The molecule has 0 aliphatic heterocycles. The molecule has 2 heterocycles. The summed E-state index contributed by atoms with van der Waals surface area (Å²) in [6.45, 7) is 3.26. The number of hydrogen-bond acceptors (Lipinski definition) is 6. The van der Waals surface area contributed by atoms with Gasteiger partial charge >= 0.3 is 0 Å². The Bertz CT molecular complexity index is 734. The molecule has 2 rings (SSSR count). The summed E-state index contributed by atoms with van der Waals surface area (Å²) in [6.07, 6.45) is 1.48. The van der Waals surface area contributed by atoms with Crippen molar-refractivity contribution in [3.8, 4) is 11.8 Å². The van der Waals surface area contributed by atoms with Crippen molar-refractivity contribution < 1.29 is 9.90 Å². The van der Waals surface area contributed by atoms with Gasteiger partial charge in [-0.05, 0) is 26.0 Å². The van der Waals surface area contributed by atoms with Crippen LogP contribution in [0.15, 0.2) is 18.3 Å². The predicted molar refractivity (Wildman–Crippen MR) is 75.5 cm³/mol. The number of nitrogens with zero attached hydrogens (tertiary/aromatic N) is 4. The van der Waals surface area contributed by atoms with Crippen LogP contribution in [-0.2, 0) is 0 Å². The number of aryl methyl sites for hydroxylation is 2. The van der Waals surface area contributed by atoms with Crippen LogP contribution in [0.2, 0.25) is 0 Å². The average Bonchev–Trinajstić information content (AvgIpc) is 2.49. The number of aliphatic hydroxyl groups excluding tert-OH is 1. The lowest BCUT2D eigenvalue weighted by Gasteiger charge is -2.05. The van der Waals surface area contributed by atoms with Crippen LogP contribution >= 0.6 is 0 Å². The van der Waals surface area contributed by atoms with Crippen LogP contribution in [0.3, 0.4) is 0 Å². The van der Waals surface area contributed by atoms with Gasteiger partial charge in [0.15, 0.2) is 0 Å². The fourth-order valence-corrected chi connectivity index (χ4v) is 1.49. The summed E-state index contributed by atoms with van der Waals surface area (Å²) in [4.78, 5) is 20.3. The molecule has 21 heavy (non-hydrogen) atoms. The first kappa shape index (κ1) is 14.6. The number of aromatic nitrogens is 4. The van der Waals surface area contributed by atoms with Crippen LogP contribution in [0, 0.1) is 25.7 Å². The SMILES string of the molecule is Cc1nnc(NC(=O)c2ncccc2C#CCO)nc1C. The van der Waals surface area contributed by atoms with E-state index in [1.165, 1.54) is 6.20 Å². The maximum absolute atomic E-state index is 12.2. The molecule has 2 N–H and O–H groups in total. The van der Waals surface area contributed by atoms with Crippen molar-refractivity contribution in [2.45, 2.75) is 13.8 Å². The summed E-state index contributed by atoms with van der Waals surface area (Å²) < 4.78 is 0. The minimum absolute atomic E-state index is 0.106. The molecule has 0 aliphatic rings. The molecule has 0 saturated heterocycles. The predicted octanol–water partition coefficient (Wildman–Crippen LogP) is 0.480. The lowest BCUT2D eigenvalue weighted by atomic mass is 10.2. The van der Waals surface area contributed by atoms with Gasteiger partial charge in [0.1, 0.15) is 12.3 Å². The fourth-order valence-electron chi connectivity index (χ4n) is 1.49. The molecule has 0 unspecified atom stereocenters. The Morgan fingerprint density at radius 2 is 2.14 bits per heavy atom. The monoisotopic (exact) mass is 283 g/mol. The minimum atomic E-state index is -0.483. The smallest absolute Gasteiger partial charge is 0.277 e. The summed E-state index contributed by atoms with van der Waals surface area (Å²) in [5.41, 5.74) is 1.93. The quantitative estimate of drug-likeness (QED) is 0.777. The highest BCUT2D eigenvalue weighted by molar-refractivity contribution is 6.03. The molecule has 2 aromatic rings. The van der Waals surface area contributed by atoms with E-state index in [2.05, 4.69) is 37.3 Å². The molecule has 0 aromatic carbocycles. The molecule has 2 aromatic heterocycles. The third kappa shape index (κ3) is 3.58. The first-order chi connectivity index (χ1) is 10.1. The zero-order chi connectivity index (χ0) is 15.2. The van der Waals surface area contributed by atoms with Gasteiger partial charge in [-0.1, -0.05) is 11.8 Å². The minimum Gasteiger partial charge on any atom is -0.384 e. The first-order valence-electron chi connectivity index (χ1n) is 6.16. The lowest BCUT2D eigenvalue weighted by molar-refractivity contribution is 0.102. The third-order valence-corrected chi connectivity index (χ3v) is 2.64. The summed E-state index contributed by atoms with van der Waals surface area (Å²) in [6, 6.07) is 3.30. The molecule has 0 radical (unpaired) electrons. The molecule has 0 bridgehead atoms. The maximum Gasteiger partial charge on any atom is 0.277 e. The van der Waals surface area contributed by atoms with E-state index in [0.29, 0.717) is 17.0 Å². The summed E-state index contributed by atoms with van der Waals surface area (Å²) in [5.74, 6) is 4.78. The van der Waals surface area contributed by atoms with Crippen molar-refractivity contribution in [1.29, 1.82) is 0 Å². The van der Waals surface area contributed by atoms with Gasteiger partial charge in [-0.25, -0.2) is 9.97 Å². The van der Waals surface area contributed by atoms with Crippen LogP contribution in [0.4, 0.5) is 5.95 Å². The lowest BCUT2D eigenvalue weighted by Crippen LogP contribution is -2.18. The Kier molecular flexibility index (Phi) is 4.53. The van der Waals surface area contributed by atoms with E-state index in [1.807, 2.05) is 0 Å². The van der Waals surface area contributed by atoms with E-state index in [1.54, 1.807) is 26.0 Å². The number of nitrogens with one attached hydrogen (secondary N) is 1. The van der Waals surface area contributed by atoms with Crippen molar-refractivity contribution >= 4 is 11.9 Å². The van der Waals surface area contributed by atoms with Crippen molar-refractivity contribution in [3.05, 3.63) is 41.0 Å². The molecule has 0 fully saturated rings. The van der Waals surface area contributed by atoms with Gasteiger partial charge in [-0.3, -0.25) is 10.1 Å². The number of hydrogen-bond donors (Lipinski definition) is 2. The third-order valence-electron chi connectivity index (χ3n) is 2.64. The van der Waals surface area contributed by atoms with Crippen molar-refractivity contribution in [2.24, 2.45) is 0 Å². The molecule has 0 aliphatic carbocycles. The standard InChI is InChI=1S/C14H13N5O2/c1-9-10(2)18-19-14(16-9)17-13(21)12-11(6-4-8-20)5-3-7-15-12/h3,5,7,20H,8H2,1-2H3,(H,16,17,19,21). The highest BCUT2D eigenvalue weighted by atomic mass is 16.2. The van der Waals surface area contributed by atoms with Crippen LogP contribution in [-0.4, -0.2) is 37.8 Å². The van der Waals surface area contributed by atoms with Crippen LogP contribution < -0.4 is 5.32 Å². The van der Waals surface area contributed by atoms with Gasteiger partial charge in [-0.15, -0.1) is 5.10 Å². The van der Waals surface area contributed by atoms with E-state index < -0.39 is 5.91 Å². The number of carbonyl (C=O) groups is 1. The van der Waals surface area contributed by atoms with E-state index in [9.17, 15) is 4.79 Å². The molecule has 7 heteroatoms. The Morgan fingerprint density at radius 3 is 2.86 bits per heavy atom. The second-order valence-corrected chi connectivity index (χ2v) is 4.12. The normalized spacial score (nSPS) is 9.67.